The van der Waals surface area contributed by atoms with Gasteiger partial charge in [-0.15, -0.1) is 0 Å². The topological polar surface area (TPSA) is 63.2 Å². The van der Waals surface area contributed by atoms with E-state index in [1.807, 2.05) is 91.0 Å². The molecular formula is C46H71O6P. The first kappa shape index (κ1) is 45.1. The first-order chi connectivity index (χ1) is 26.2. The monoisotopic (exact) mass is 750 g/mol. The first-order valence-electron chi connectivity index (χ1n) is 21.0. The number of hydrogen-bond donors (Lipinski definition) is 0. The summed E-state index contributed by atoms with van der Waals surface area (Å²) in [5.74, 6) is 0. The molecule has 0 heterocycles. The fraction of sp³-hybridized carbons (Fsp3) is 0.609. The smallest absolute Gasteiger partial charge is 0.379 e. The Morgan fingerprint density at radius 1 is 0.434 bits per heavy atom. The van der Waals surface area contributed by atoms with Crippen LogP contribution in [0.25, 0.3) is 0 Å². The van der Waals surface area contributed by atoms with E-state index in [4.69, 9.17) is 23.0 Å². The van der Waals surface area contributed by atoms with Gasteiger partial charge in [-0.25, -0.2) is 4.57 Å². The highest BCUT2D eigenvalue weighted by molar-refractivity contribution is 7.48. The van der Waals surface area contributed by atoms with E-state index in [1.54, 1.807) is 0 Å². The molecule has 0 aromatic heterocycles. The van der Waals surface area contributed by atoms with Gasteiger partial charge in [-0.05, 0) is 23.1 Å². The molecule has 0 fully saturated rings. The van der Waals surface area contributed by atoms with Gasteiger partial charge in [-0.3, -0.25) is 13.6 Å². The van der Waals surface area contributed by atoms with Gasteiger partial charge in [0.2, 0.25) is 0 Å². The van der Waals surface area contributed by atoms with Crippen molar-refractivity contribution >= 4 is 7.82 Å². The van der Waals surface area contributed by atoms with Crippen LogP contribution in [0.2, 0.25) is 0 Å². The second-order valence-corrected chi connectivity index (χ2v) is 16.1. The minimum atomic E-state index is -3.92. The number of rotatable bonds is 35. The van der Waals surface area contributed by atoms with E-state index in [0.29, 0.717) is 19.8 Å². The summed E-state index contributed by atoms with van der Waals surface area (Å²) in [4.78, 5) is 0. The van der Waals surface area contributed by atoms with Crippen LogP contribution in [0.5, 0.6) is 0 Å². The van der Waals surface area contributed by atoms with Crippen LogP contribution in [0.15, 0.2) is 91.0 Å². The number of phosphoric ester groups is 1. The molecule has 3 aromatic rings. The van der Waals surface area contributed by atoms with Gasteiger partial charge in [0.05, 0.1) is 33.0 Å². The maximum Gasteiger partial charge on any atom is 0.475 e. The zero-order chi connectivity index (χ0) is 37.3. The van der Waals surface area contributed by atoms with Gasteiger partial charge in [0, 0.05) is 6.61 Å². The lowest BCUT2D eigenvalue weighted by atomic mass is 10.0. The van der Waals surface area contributed by atoms with Crippen LogP contribution >= 0.6 is 7.82 Å². The van der Waals surface area contributed by atoms with E-state index in [9.17, 15) is 4.57 Å². The molecule has 53 heavy (non-hydrogen) atoms. The summed E-state index contributed by atoms with van der Waals surface area (Å²) in [5.41, 5.74) is 2.82. The molecule has 1 atom stereocenters. The van der Waals surface area contributed by atoms with E-state index >= 15 is 0 Å². The summed E-state index contributed by atoms with van der Waals surface area (Å²) in [6, 6.07) is 29.2. The van der Waals surface area contributed by atoms with Gasteiger partial charge >= 0.3 is 7.82 Å². The summed E-state index contributed by atoms with van der Waals surface area (Å²) in [7, 11) is -3.92. The normalized spacial score (nSPS) is 12.3. The molecule has 0 saturated heterocycles. The van der Waals surface area contributed by atoms with Gasteiger partial charge in [-0.2, -0.15) is 0 Å². The Morgan fingerprint density at radius 2 is 0.792 bits per heavy atom. The lowest BCUT2D eigenvalue weighted by Crippen LogP contribution is -2.26. The highest BCUT2D eigenvalue weighted by atomic mass is 31.2. The lowest BCUT2D eigenvalue weighted by molar-refractivity contribution is -0.0528. The van der Waals surface area contributed by atoms with Crippen molar-refractivity contribution in [2.24, 2.45) is 0 Å². The van der Waals surface area contributed by atoms with Crippen molar-refractivity contribution in [1.82, 2.24) is 0 Å². The maximum atomic E-state index is 13.8. The van der Waals surface area contributed by atoms with Crippen LogP contribution in [0.1, 0.15) is 152 Å². The second-order valence-electron chi connectivity index (χ2n) is 14.5. The second kappa shape index (κ2) is 31.0. The van der Waals surface area contributed by atoms with E-state index in [-0.39, 0.29) is 19.8 Å². The molecule has 0 aliphatic heterocycles. The number of phosphoric acid groups is 1. The van der Waals surface area contributed by atoms with E-state index in [0.717, 1.165) is 23.1 Å². The Hall–Kier alpha value is -2.31. The third kappa shape index (κ3) is 24.0. The Kier molecular flexibility index (Phi) is 26.3. The molecule has 7 heteroatoms. The molecule has 296 valence electrons. The lowest BCUT2D eigenvalue weighted by Gasteiger charge is -2.23. The summed E-state index contributed by atoms with van der Waals surface area (Å²) in [6.45, 7) is 3.93. The minimum absolute atomic E-state index is 0.0208. The van der Waals surface area contributed by atoms with Gasteiger partial charge < -0.3 is 9.47 Å². The van der Waals surface area contributed by atoms with Crippen molar-refractivity contribution in [3.63, 3.8) is 0 Å². The zero-order valence-electron chi connectivity index (χ0n) is 33.0. The quantitative estimate of drug-likeness (QED) is 0.0441. The maximum absolute atomic E-state index is 13.8. The van der Waals surface area contributed by atoms with Crippen LogP contribution < -0.4 is 0 Å². The Morgan fingerprint density at radius 3 is 1.19 bits per heavy atom. The third-order valence-electron chi connectivity index (χ3n) is 9.66. The van der Waals surface area contributed by atoms with Crippen LogP contribution in [0.3, 0.4) is 0 Å². The van der Waals surface area contributed by atoms with Crippen molar-refractivity contribution in [3.8, 4) is 0 Å². The largest absolute Gasteiger partial charge is 0.475 e. The first-order valence-corrected chi connectivity index (χ1v) is 22.5. The standard InChI is InChI=1S/C46H71O6P/c1-2-3-4-5-6-7-8-9-10-11-12-13-14-15-16-17-18-19-20-30-37-48-41-46(49-38-43-31-24-21-25-32-43)42-52-53(47,50-39-44-33-26-22-27-34-44)51-40-45-35-28-23-29-36-45/h21-29,31-36,46H,2-20,30,37-42H2,1H3/t46-/m1/s1. The van der Waals surface area contributed by atoms with Crippen LogP contribution in [0, 0.1) is 0 Å². The Balaban J connectivity index is 1.27. The fourth-order valence-corrected chi connectivity index (χ4v) is 7.54. The molecular weight excluding hydrogens is 679 g/mol. The Labute approximate surface area is 323 Å². The van der Waals surface area contributed by atoms with Gasteiger partial charge in [0.15, 0.2) is 0 Å². The zero-order valence-corrected chi connectivity index (χ0v) is 33.9. The molecule has 0 aliphatic carbocycles. The number of benzene rings is 3. The van der Waals surface area contributed by atoms with Gasteiger partial charge in [0.25, 0.3) is 0 Å². The van der Waals surface area contributed by atoms with Crippen molar-refractivity contribution < 1.29 is 27.6 Å². The minimum Gasteiger partial charge on any atom is -0.379 e. The molecule has 0 radical (unpaired) electrons. The number of hydrogen-bond acceptors (Lipinski definition) is 6. The molecule has 0 spiro atoms. The summed E-state index contributed by atoms with van der Waals surface area (Å²) >= 11 is 0. The highest BCUT2D eigenvalue weighted by Gasteiger charge is 2.29. The molecule has 0 amide bonds. The molecule has 0 aliphatic rings. The van der Waals surface area contributed by atoms with Crippen molar-refractivity contribution in [3.05, 3.63) is 108 Å². The molecule has 0 bridgehead atoms. The van der Waals surface area contributed by atoms with Crippen molar-refractivity contribution in [2.75, 3.05) is 19.8 Å². The fourth-order valence-electron chi connectivity index (χ4n) is 6.35. The van der Waals surface area contributed by atoms with E-state index in [2.05, 4.69) is 6.92 Å². The number of unbranched alkanes of at least 4 members (excludes halogenated alkanes) is 19. The predicted octanol–water partition coefficient (Wildman–Crippen LogP) is 14.0. The number of ether oxygens (including phenoxy) is 2. The summed E-state index contributed by atoms with van der Waals surface area (Å²) < 4.78 is 43.7. The highest BCUT2D eigenvalue weighted by Crippen LogP contribution is 2.51. The summed E-state index contributed by atoms with van der Waals surface area (Å²) in [5, 5.41) is 0. The predicted molar refractivity (Wildman–Crippen MR) is 220 cm³/mol. The third-order valence-corrected chi connectivity index (χ3v) is 11.0. The summed E-state index contributed by atoms with van der Waals surface area (Å²) in [6.07, 6.45) is 26.9. The molecule has 0 saturated carbocycles. The van der Waals surface area contributed by atoms with Crippen molar-refractivity contribution in [2.45, 2.75) is 161 Å². The molecule has 0 N–H and O–H groups in total. The van der Waals surface area contributed by atoms with Crippen molar-refractivity contribution in [1.29, 1.82) is 0 Å². The molecule has 3 rings (SSSR count). The van der Waals surface area contributed by atoms with E-state index in [1.165, 1.54) is 122 Å². The SMILES string of the molecule is CCCCCCCCCCCCCCCCCCCCCCOC[C@H](COP(=O)(OCc1ccccc1)OCc1ccccc1)OCc1ccccc1. The van der Waals surface area contributed by atoms with E-state index < -0.39 is 13.9 Å². The molecule has 6 nitrogen and oxygen atoms in total. The van der Waals surface area contributed by atoms with Crippen LogP contribution in [-0.4, -0.2) is 25.9 Å². The van der Waals surface area contributed by atoms with Crippen LogP contribution in [-0.2, 0) is 47.4 Å². The molecule has 3 aromatic carbocycles. The average Bonchev–Trinajstić information content (AvgIpc) is 3.20. The van der Waals surface area contributed by atoms with Gasteiger partial charge in [-0.1, -0.05) is 220 Å². The Bertz CT molecular complexity index is 1230. The van der Waals surface area contributed by atoms with Gasteiger partial charge in [0.1, 0.15) is 6.10 Å². The van der Waals surface area contributed by atoms with Crippen LogP contribution in [0.4, 0.5) is 0 Å². The molecule has 0 unspecified atom stereocenters. The average molecular weight is 751 g/mol.